The van der Waals surface area contributed by atoms with Crippen molar-refractivity contribution < 1.29 is 8.81 Å². The van der Waals surface area contributed by atoms with Crippen molar-refractivity contribution in [3.05, 3.63) is 35.8 Å². The van der Waals surface area contributed by atoms with E-state index in [0.29, 0.717) is 0 Å². The van der Waals surface area contributed by atoms with E-state index in [1.165, 1.54) is 37.8 Å². The molecule has 1 unspecified atom stereocenters. The Morgan fingerprint density at radius 3 is 2.90 bits per heavy atom. The van der Waals surface area contributed by atoms with Gasteiger partial charge in [0.25, 0.3) is 0 Å². The molecule has 1 aromatic heterocycles. The van der Waals surface area contributed by atoms with Crippen LogP contribution in [-0.2, 0) is 0 Å². The smallest absolute Gasteiger partial charge is 0.134 e. The first-order chi connectivity index (χ1) is 9.76. The van der Waals surface area contributed by atoms with E-state index in [4.69, 9.17) is 4.42 Å². The summed E-state index contributed by atoms with van der Waals surface area (Å²) in [6.45, 7) is 0. The van der Waals surface area contributed by atoms with Crippen LogP contribution in [0.3, 0.4) is 0 Å². The lowest BCUT2D eigenvalue weighted by Crippen LogP contribution is -2.19. The van der Waals surface area contributed by atoms with E-state index in [2.05, 4.69) is 5.32 Å². The summed E-state index contributed by atoms with van der Waals surface area (Å²) < 4.78 is 19.1. The zero-order valence-corrected chi connectivity index (χ0v) is 12.5. The number of rotatable bonds is 5. The molecule has 1 atom stereocenters. The number of halogens is 1. The summed E-state index contributed by atoms with van der Waals surface area (Å²) in [7, 11) is 1.95. The van der Waals surface area contributed by atoms with Gasteiger partial charge in [-0.2, -0.15) is 11.8 Å². The second-order valence-electron chi connectivity index (χ2n) is 5.41. The third kappa shape index (κ3) is 3.01. The van der Waals surface area contributed by atoms with Crippen LogP contribution in [-0.4, -0.2) is 18.1 Å². The number of hydrogen-bond acceptors (Lipinski definition) is 3. The summed E-state index contributed by atoms with van der Waals surface area (Å²) in [6.07, 6.45) is 5.41. The molecule has 0 bridgehead atoms. The number of thioether (sulfide) groups is 1. The highest BCUT2D eigenvalue weighted by Gasteiger charge is 2.20. The van der Waals surface area contributed by atoms with Crippen LogP contribution in [0.5, 0.6) is 0 Å². The molecular formula is C16H20FNOS. The molecule has 0 saturated heterocycles. The Morgan fingerprint density at radius 1 is 1.35 bits per heavy atom. The first-order valence-electron chi connectivity index (χ1n) is 7.24. The fourth-order valence-corrected chi connectivity index (χ4v) is 4.26. The predicted molar refractivity (Wildman–Crippen MR) is 82.7 cm³/mol. The highest BCUT2D eigenvalue weighted by molar-refractivity contribution is 7.99. The summed E-state index contributed by atoms with van der Waals surface area (Å²) in [4.78, 5) is 0. The normalized spacial score (nSPS) is 17.9. The second kappa shape index (κ2) is 6.19. The van der Waals surface area contributed by atoms with Gasteiger partial charge in [-0.25, -0.2) is 4.39 Å². The number of furan rings is 1. The van der Waals surface area contributed by atoms with Crippen molar-refractivity contribution >= 4 is 22.7 Å². The van der Waals surface area contributed by atoms with E-state index in [1.807, 2.05) is 24.9 Å². The van der Waals surface area contributed by atoms with Crippen LogP contribution in [0.4, 0.5) is 4.39 Å². The lowest BCUT2D eigenvalue weighted by atomic mass is 10.2. The second-order valence-corrected chi connectivity index (χ2v) is 6.75. The van der Waals surface area contributed by atoms with E-state index in [9.17, 15) is 4.39 Å². The quantitative estimate of drug-likeness (QED) is 0.878. The van der Waals surface area contributed by atoms with Crippen LogP contribution in [0.15, 0.2) is 28.7 Å². The van der Waals surface area contributed by atoms with Crippen molar-refractivity contribution in [1.82, 2.24) is 5.32 Å². The van der Waals surface area contributed by atoms with Gasteiger partial charge in [0.1, 0.15) is 17.2 Å². The largest absolute Gasteiger partial charge is 0.459 e. The minimum absolute atomic E-state index is 0.191. The maximum absolute atomic E-state index is 13.2. The van der Waals surface area contributed by atoms with Crippen molar-refractivity contribution in [2.75, 3.05) is 12.8 Å². The van der Waals surface area contributed by atoms with Crippen LogP contribution in [0.2, 0.25) is 0 Å². The molecule has 1 aliphatic rings. The molecule has 20 heavy (non-hydrogen) atoms. The van der Waals surface area contributed by atoms with Gasteiger partial charge in [-0.1, -0.05) is 12.8 Å². The molecular weight excluding hydrogens is 273 g/mol. The van der Waals surface area contributed by atoms with Crippen molar-refractivity contribution in [2.24, 2.45) is 0 Å². The fraction of sp³-hybridized carbons (Fsp3) is 0.500. The first kappa shape index (κ1) is 14.0. The van der Waals surface area contributed by atoms with Crippen LogP contribution in [0.1, 0.15) is 37.5 Å². The summed E-state index contributed by atoms with van der Waals surface area (Å²) in [5.74, 6) is 1.69. The molecule has 0 amide bonds. The number of nitrogens with one attached hydrogen (secondary N) is 1. The minimum Gasteiger partial charge on any atom is -0.459 e. The van der Waals surface area contributed by atoms with Crippen LogP contribution in [0.25, 0.3) is 11.0 Å². The molecule has 0 spiro atoms. The average molecular weight is 293 g/mol. The SMILES string of the molecule is CNC(CSC1CCCC1)c1cc2cc(F)ccc2o1. The highest BCUT2D eigenvalue weighted by atomic mass is 32.2. The van der Waals surface area contributed by atoms with Crippen LogP contribution in [0, 0.1) is 5.82 Å². The standard InChI is InChI=1S/C16H20FNOS/c1-18-14(10-20-13-4-2-3-5-13)16-9-11-8-12(17)6-7-15(11)19-16/h6-9,13-14,18H,2-5,10H2,1H3. The Balaban J connectivity index is 1.72. The first-order valence-corrected chi connectivity index (χ1v) is 8.29. The van der Waals surface area contributed by atoms with Crippen molar-refractivity contribution in [2.45, 2.75) is 37.0 Å². The molecule has 1 N–H and O–H groups in total. The van der Waals surface area contributed by atoms with E-state index in [0.717, 1.165) is 27.7 Å². The lowest BCUT2D eigenvalue weighted by molar-refractivity contribution is 0.478. The van der Waals surface area contributed by atoms with Gasteiger partial charge in [-0.15, -0.1) is 0 Å². The molecule has 2 aromatic rings. The lowest BCUT2D eigenvalue weighted by Gasteiger charge is -2.16. The molecule has 108 valence electrons. The van der Waals surface area contributed by atoms with Crippen molar-refractivity contribution in [3.8, 4) is 0 Å². The highest BCUT2D eigenvalue weighted by Crippen LogP contribution is 2.33. The van der Waals surface area contributed by atoms with Crippen LogP contribution >= 0.6 is 11.8 Å². The van der Waals surface area contributed by atoms with E-state index in [-0.39, 0.29) is 11.9 Å². The van der Waals surface area contributed by atoms with E-state index >= 15 is 0 Å². The molecule has 1 fully saturated rings. The number of hydrogen-bond donors (Lipinski definition) is 1. The van der Waals surface area contributed by atoms with E-state index < -0.39 is 0 Å². The van der Waals surface area contributed by atoms with Gasteiger partial charge in [0, 0.05) is 16.4 Å². The van der Waals surface area contributed by atoms with Gasteiger partial charge < -0.3 is 9.73 Å². The van der Waals surface area contributed by atoms with Crippen LogP contribution < -0.4 is 5.32 Å². The topological polar surface area (TPSA) is 25.2 Å². The van der Waals surface area contributed by atoms with Crippen molar-refractivity contribution in [1.29, 1.82) is 0 Å². The van der Waals surface area contributed by atoms with Gasteiger partial charge in [0.2, 0.25) is 0 Å². The van der Waals surface area contributed by atoms with Gasteiger partial charge in [-0.3, -0.25) is 0 Å². The monoisotopic (exact) mass is 293 g/mol. The Hall–Kier alpha value is -1.00. The predicted octanol–water partition coefficient (Wildman–Crippen LogP) is 4.51. The molecule has 0 radical (unpaired) electrons. The Bertz CT molecular complexity index is 577. The van der Waals surface area contributed by atoms with Crippen molar-refractivity contribution in [3.63, 3.8) is 0 Å². The molecule has 1 heterocycles. The maximum atomic E-state index is 13.2. The third-order valence-electron chi connectivity index (χ3n) is 3.99. The van der Waals surface area contributed by atoms with E-state index in [1.54, 1.807) is 6.07 Å². The number of benzene rings is 1. The maximum Gasteiger partial charge on any atom is 0.134 e. The summed E-state index contributed by atoms with van der Waals surface area (Å²) in [6, 6.07) is 6.81. The Labute approximate surface area is 123 Å². The molecule has 3 rings (SSSR count). The molecule has 1 aliphatic carbocycles. The summed E-state index contributed by atoms with van der Waals surface area (Å²) >= 11 is 2.03. The van der Waals surface area contributed by atoms with Gasteiger partial charge in [0.05, 0.1) is 6.04 Å². The average Bonchev–Trinajstić information content (AvgIpc) is 3.08. The Morgan fingerprint density at radius 2 is 2.15 bits per heavy atom. The zero-order valence-electron chi connectivity index (χ0n) is 11.7. The summed E-state index contributed by atoms with van der Waals surface area (Å²) in [5.41, 5.74) is 0.757. The minimum atomic E-state index is -0.216. The molecule has 0 aliphatic heterocycles. The number of fused-ring (bicyclic) bond motifs is 1. The Kier molecular flexibility index (Phi) is 4.32. The summed E-state index contributed by atoms with van der Waals surface area (Å²) in [5, 5.41) is 4.95. The third-order valence-corrected chi connectivity index (χ3v) is 5.46. The van der Waals surface area contributed by atoms with Gasteiger partial charge >= 0.3 is 0 Å². The molecule has 1 aromatic carbocycles. The molecule has 1 saturated carbocycles. The fourth-order valence-electron chi connectivity index (χ4n) is 2.80. The molecule has 4 heteroatoms. The molecule has 2 nitrogen and oxygen atoms in total. The van der Waals surface area contributed by atoms with Gasteiger partial charge in [-0.05, 0) is 44.2 Å². The van der Waals surface area contributed by atoms with Gasteiger partial charge in [0.15, 0.2) is 0 Å². The zero-order chi connectivity index (χ0) is 13.9.